The van der Waals surface area contributed by atoms with Crippen LogP contribution in [0.5, 0.6) is 0 Å². The molecular weight excluding hydrogens is 316 g/mol. The van der Waals surface area contributed by atoms with Crippen molar-refractivity contribution < 1.29 is 0 Å². The third kappa shape index (κ3) is 2.67. The normalized spacial score (nSPS) is 13.5. The van der Waals surface area contributed by atoms with E-state index in [9.17, 15) is 0 Å². The summed E-state index contributed by atoms with van der Waals surface area (Å²) in [5.41, 5.74) is 4.61. The molecule has 3 aromatic rings. The molecule has 4 rings (SSSR count). The number of aromatic nitrogens is 3. The van der Waals surface area contributed by atoms with Crippen molar-refractivity contribution in [2.75, 3.05) is 6.54 Å². The van der Waals surface area contributed by atoms with Crippen LogP contribution in [0.3, 0.4) is 0 Å². The van der Waals surface area contributed by atoms with Crippen molar-refractivity contribution in [3.63, 3.8) is 0 Å². The molecule has 1 aromatic carbocycles. The van der Waals surface area contributed by atoms with E-state index in [0.29, 0.717) is 0 Å². The van der Waals surface area contributed by atoms with Gasteiger partial charge in [0.25, 0.3) is 0 Å². The van der Waals surface area contributed by atoms with E-state index in [1.165, 1.54) is 11.4 Å². The molecule has 0 aliphatic carbocycles. The van der Waals surface area contributed by atoms with Crippen molar-refractivity contribution in [2.45, 2.75) is 19.9 Å². The first kappa shape index (κ1) is 15.2. The molecule has 0 saturated heterocycles. The van der Waals surface area contributed by atoms with Crippen LogP contribution in [-0.2, 0) is 13.0 Å². The Kier molecular flexibility index (Phi) is 4.29. The van der Waals surface area contributed by atoms with Crippen molar-refractivity contribution in [1.82, 2.24) is 20.3 Å². The molecule has 4 nitrogen and oxygen atoms in total. The van der Waals surface area contributed by atoms with Gasteiger partial charge < -0.3 is 10.3 Å². The van der Waals surface area contributed by atoms with Gasteiger partial charge in [-0.05, 0) is 6.92 Å². The van der Waals surface area contributed by atoms with Gasteiger partial charge in [-0.1, -0.05) is 30.3 Å². The second-order valence-electron chi connectivity index (χ2n) is 5.24. The molecule has 0 fully saturated rings. The van der Waals surface area contributed by atoms with Gasteiger partial charge in [-0.15, -0.1) is 23.7 Å². The lowest BCUT2D eigenvalue weighted by Crippen LogP contribution is -2.23. The van der Waals surface area contributed by atoms with E-state index in [0.717, 1.165) is 46.5 Å². The van der Waals surface area contributed by atoms with Gasteiger partial charge >= 0.3 is 0 Å². The number of imidazole rings is 1. The van der Waals surface area contributed by atoms with Crippen molar-refractivity contribution in [1.29, 1.82) is 0 Å². The first-order valence-corrected chi connectivity index (χ1v) is 7.94. The van der Waals surface area contributed by atoms with Crippen LogP contribution in [0.4, 0.5) is 0 Å². The number of nitrogens with zero attached hydrogens (tertiary/aromatic N) is 2. The number of H-pyrrole nitrogens is 1. The average molecular weight is 333 g/mol. The second kappa shape index (κ2) is 6.20. The number of fused-ring (bicyclic) bond motifs is 1. The Balaban J connectivity index is 0.00000144. The number of nitrogens with one attached hydrogen (secondary N) is 2. The standard InChI is InChI=1S/C16H16N4S.ClH/c1-10-14(15-19-12-7-8-17-9-13(12)20-15)21-16(18-10)11-5-3-2-4-6-11;/h2-6,17H,7-9H2,1H3,(H,19,20);1H. The Morgan fingerprint density at radius 2 is 1.95 bits per heavy atom. The van der Waals surface area contributed by atoms with E-state index in [1.54, 1.807) is 11.3 Å². The van der Waals surface area contributed by atoms with Gasteiger partial charge in [0, 0.05) is 25.1 Å². The summed E-state index contributed by atoms with van der Waals surface area (Å²) in [6.07, 6.45) is 0.995. The topological polar surface area (TPSA) is 53.6 Å². The Morgan fingerprint density at radius 1 is 1.14 bits per heavy atom. The fourth-order valence-corrected chi connectivity index (χ4v) is 3.66. The second-order valence-corrected chi connectivity index (χ2v) is 6.24. The van der Waals surface area contributed by atoms with Gasteiger partial charge in [-0.2, -0.15) is 0 Å². The van der Waals surface area contributed by atoms with E-state index in [4.69, 9.17) is 9.97 Å². The SMILES string of the molecule is Cc1nc(-c2ccccc2)sc1-c1nc2c([nH]1)CNCC2.Cl. The maximum atomic E-state index is 4.76. The highest BCUT2D eigenvalue weighted by Crippen LogP contribution is 2.34. The fraction of sp³-hybridized carbons (Fsp3) is 0.250. The third-order valence-corrected chi connectivity index (χ3v) is 4.95. The Labute approximate surface area is 139 Å². The summed E-state index contributed by atoms with van der Waals surface area (Å²) in [6, 6.07) is 10.3. The number of thiazole rings is 1. The van der Waals surface area contributed by atoms with Crippen LogP contribution < -0.4 is 5.32 Å². The van der Waals surface area contributed by atoms with E-state index < -0.39 is 0 Å². The van der Waals surface area contributed by atoms with E-state index in [-0.39, 0.29) is 12.4 Å². The zero-order valence-corrected chi connectivity index (χ0v) is 13.9. The molecule has 2 aromatic heterocycles. The highest BCUT2D eigenvalue weighted by molar-refractivity contribution is 7.18. The van der Waals surface area contributed by atoms with Crippen molar-refractivity contribution in [3.8, 4) is 21.3 Å². The molecule has 1 aliphatic rings. The van der Waals surface area contributed by atoms with Gasteiger partial charge in [0.2, 0.25) is 0 Å². The summed E-state index contributed by atoms with van der Waals surface area (Å²) in [6.45, 7) is 3.94. The minimum Gasteiger partial charge on any atom is -0.340 e. The lowest BCUT2D eigenvalue weighted by Gasteiger charge is -2.09. The smallest absolute Gasteiger partial charge is 0.149 e. The highest BCUT2D eigenvalue weighted by atomic mass is 35.5. The molecular formula is C16H17ClN4S. The summed E-state index contributed by atoms with van der Waals surface area (Å²) < 4.78 is 0. The first-order chi connectivity index (χ1) is 10.3. The molecule has 1 aliphatic heterocycles. The summed E-state index contributed by atoms with van der Waals surface area (Å²) in [5.74, 6) is 0.959. The molecule has 22 heavy (non-hydrogen) atoms. The maximum Gasteiger partial charge on any atom is 0.149 e. The van der Waals surface area contributed by atoms with Crippen LogP contribution in [0.1, 0.15) is 17.1 Å². The number of rotatable bonds is 2. The van der Waals surface area contributed by atoms with Crippen LogP contribution in [-0.4, -0.2) is 21.5 Å². The number of halogens is 1. The molecule has 0 unspecified atom stereocenters. The average Bonchev–Trinajstić information content (AvgIpc) is 3.11. The minimum absolute atomic E-state index is 0. The largest absolute Gasteiger partial charge is 0.340 e. The quantitative estimate of drug-likeness (QED) is 0.754. The lowest BCUT2D eigenvalue weighted by molar-refractivity contribution is 0.627. The van der Waals surface area contributed by atoms with Gasteiger partial charge in [-0.3, -0.25) is 0 Å². The van der Waals surface area contributed by atoms with Crippen LogP contribution in [0.2, 0.25) is 0 Å². The molecule has 2 N–H and O–H groups in total. The van der Waals surface area contributed by atoms with Crippen LogP contribution >= 0.6 is 23.7 Å². The summed E-state index contributed by atoms with van der Waals surface area (Å²) >= 11 is 1.70. The van der Waals surface area contributed by atoms with Crippen molar-refractivity contribution in [3.05, 3.63) is 47.4 Å². The summed E-state index contributed by atoms with van der Waals surface area (Å²) in [7, 11) is 0. The van der Waals surface area contributed by atoms with Gasteiger partial charge in [0.05, 0.1) is 22.0 Å². The fourth-order valence-electron chi connectivity index (χ4n) is 2.65. The van der Waals surface area contributed by atoms with Crippen LogP contribution in [0.15, 0.2) is 30.3 Å². The van der Waals surface area contributed by atoms with E-state index in [2.05, 4.69) is 29.4 Å². The minimum atomic E-state index is 0. The molecule has 0 spiro atoms. The van der Waals surface area contributed by atoms with Crippen molar-refractivity contribution in [2.24, 2.45) is 0 Å². The highest BCUT2D eigenvalue weighted by Gasteiger charge is 2.18. The Bertz CT molecular complexity index is 755. The number of benzene rings is 1. The monoisotopic (exact) mass is 332 g/mol. The lowest BCUT2D eigenvalue weighted by atomic mass is 10.2. The molecule has 6 heteroatoms. The van der Waals surface area contributed by atoms with E-state index >= 15 is 0 Å². The number of aryl methyl sites for hydroxylation is 1. The maximum absolute atomic E-state index is 4.76. The molecule has 0 atom stereocenters. The molecule has 114 valence electrons. The first-order valence-electron chi connectivity index (χ1n) is 7.13. The van der Waals surface area contributed by atoms with Crippen LogP contribution in [0.25, 0.3) is 21.3 Å². The molecule has 3 heterocycles. The molecule has 0 radical (unpaired) electrons. The zero-order chi connectivity index (χ0) is 14.2. The van der Waals surface area contributed by atoms with Gasteiger partial charge in [-0.25, -0.2) is 9.97 Å². The molecule has 0 bridgehead atoms. The van der Waals surface area contributed by atoms with E-state index in [1.807, 2.05) is 18.2 Å². The van der Waals surface area contributed by atoms with Gasteiger partial charge in [0.15, 0.2) is 0 Å². The summed E-state index contributed by atoms with van der Waals surface area (Å²) in [4.78, 5) is 14.1. The predicted octanol–water partition coefficient (Wildman–Crippen LogP) is 3.58. The number of hydrogen-bond acceptors (Lipinski definition) is 4. The zero-order valence-electron chi connectivity index (χ0n) is 12.2. The third-order valence-electron chi connectivity index (χ3n) is 3.74. The van der Waals surface area contributed by atoms with Gasteiger partial charge in [0.1, 0.15) is 10.8 Å². The number of aromatic amines is 1. The van der Waals surface area contributed by atoms with Crippen LogP contribution in [0, 0.1) is 6.92 Å². The molecule has 0 amide bonds. The Hall–Kier alpha value is -1.69. The Morgan fingerprint density at radius 3 is 2.73 bits per heavy atom. The summed E-state index contributed by atoms with van der Waals surface area (Å²) in [5, 5.41) is 4.42. The number of hydrogen-bond donors (Lipinski definition) is 2. The molecule has 0 saturated carbocycles. The van der Waals surface area contributed by atoms with Crippen molar-refractivity contribution >= 4 is 23.7 Å². The predicted molar refractivity (Wildman–Crippen MR) is 92.5 cm³/mol.